The first kappa shape index (κ1) is 15.9. The molecule has 2 heterocycles. The molecule has 3 rings (SSSR count). The SMILES string of the molecule is COc1ccc2oc(C(C)NC(=O)CC3CCCN3)c(C)c2c1. The zero-order chi connectivity index (χ0) is 16.4. The number of benzene rings is 1. The predicted molar refractivity (Wildman–Crippen MR) is 89.7 cm³/mol. The van der Waals surface area contributed by atoms with Crippen LogP contribution >= 0.6 is 0 Å². The van der Waals surface area contributed by atoms with Crippen LogP contribution in [-0.2, 0) is 4.79 Å². The van der Waals surface area contributed by atoms with Gasteiger partial charge in [0.25, 0.3) is 0 Å². The van der Waals surface area contributed by atoms with Crippen LogP contribution in [0.5, 0.6) is 5.75 Å². The van der Waals surface area contributed by atoms with Gasteiger partial charge < -0.3 is 19.8 Å². The first-order valence-electron chi connectivity index (χ1n) is 8.18. The van der Waals surface area contributed by atoms with Gasteiger partial charge in [-0.2, -0.15) is 0 Å². The lowest BCUT2D eigenvalue weighted by atomic mass is 10.1. The molecule has 1 fully saturated rings. The Bertz CT molecular complexity index is 702. The maximum Gasteiger partial charge on any atom is 0.222 e. The summed E-state index contributed by atoms with van der Waals surface area (Å²) in [7, 11) is 1.65. The fourth-order valence-corrected chi connectivity index (χ4v) is 3.28. The Morgan fingerprint density at radius 2 is 2.35 bits per heavy atom. The molecule has 1 aromatic carbocycles. The van der Waals surface area contributed by atoms with Gasteiger partial charge in [-0.25, -0.2) is 0 Å². The van der Waals surface area contributed by atoms with E-state index in [2.05, 4.69) is 10.6 Å². The number of rotatable bonds is 5. The highest BCUT2D eigenvalue weighted by Gasteiger charge is 2.22. The van der Waals surface area contributed by atoms with E-state index in [4.69, 9.17) is 9.15 Å². The number of carbonyl (C=O) groups excluding carboxylic acids is 1. The van der Waals surface area contributed by atoms with Crippen LogP contribution in [0.1, 0.15) is 43.6 Å². The number of hydrogen-bond donors (Lipinski definition) is 2. The highest BCUT2D eigenvalue weighted by molar-refractivity contribution is 5.84. The summed E-state index contributed by atoms with van der Waals surface area (Å²) < 4.78 is 11.2. The molecule has 2 unspecified atom stereocenters. The van der Waals surface area contributed by atoms with Gasteiger partial charge in [-0.05, 0) is 51.4 Å². The third-order valence-electron chi connectivity index (χ3n) is 4.55. The molecule has 2 aromatic rings. The minimum absolute atomic E-state index is 0.0642. The van der Waals surface area contributed by atoms with Crippen molar-refractivity contribution in [2.75, 3.05) is 13.7 Å². The molecular weight excluding hydrogens is 292 g/mol. The lowest BCUT2D eigenvalue weighted by Crippen LogP contribution is -2.33. The van der Waals surface area contributed by atoms with E-state index >= 15 is 0 Å². The van der Waals surface area contributed by atoms with Crippen molar-refractivity contribution in [3.63, 3.8) is 0 Å². The molecule has 0 spiro atoms. The van der Waals surface area contributed by atoms with E-state index in [0.29, 0.717) is 12.5 Å². The van der Waals surface area contributed by atoms with E-state index in [1.165, 1.54) is 0 Å². The maximum absolute atomic E-state index is 12.2. The molecule has 0 saturated carbocycles. The first-order chi connectivity index (χ1) is 11.1. The van der Waals surface area contributed by atoms with Crippen LogP contribution in [0.2, 0.25) is 0 Å². The monoisotopic (exact) mass is 316 g/mol. The highest BCUT2D eigenvalue weighted by Crippen LogP contribution is 2.31. The second kappa shape index (κ2) is 6.62. The Morgan fingerprint density at radius 1 is 1.52 bits per heavy atom. The van der Waals surface area contributed by atoms with Gasteiger partial charge >= 0.3 is 0 Å². The number of carbonyl (C=O) groups is 1. The Morgan fingerprint density at radius 3 is 3.04 bits per heavy atom. The molecule has 0 bridgehead atoms. The van der Waals surface area contributed by atoms with Crippen molar-refractivity contribution in [3.8, 4) is 5.75 Å². The van der Waals surface area contributed by atoms with Gasteiger partial charge in [0.05, 0.1) is 13.2 Å². The summed E-state index contributed by atoms with van der Waals surface area (Å²) in [5.74, 6) is 1.67. The number of furan rings is 1. The number of ether oxygens (including phenoxy) is 1. The number of fused-ring (bicyclic) bond motifs is 1. The van der Waals surface area contributed by atoms with Gasteiger partial charge in [0.1, 0.15) is 17.1 Å². The van der Waals surface area contributed by atoms with E-state index < -0.39 is 0 Å². The smallest absolute Gasteiger partial charge is 0.222 e. The topological polar surface area (TPSA) is 63.5 Å². The minimum atomic E-state index is -0.151. The highest BCUT2D eigenvalue weighted by atomic mass is 16.5. The van der Waals surface area contributed by atoms with E-state index in [1.54, 1.807) is 7.11 Å². The largest absolute Gasteiger partial charge is 0.497 e. The van der Waals surface area contributed by atoms with Crippen molar-refractivity contribution in [2.45, 2.75) is 45.2 Å². The molecule has 1 aromatic heterocycles. The second-order valence-electron chi connectivity index (χ2n) is 6.24. The van der Waals surface area contributed by atoms with Crippen LogP contribution in [0.4, 0.5) is 0 Å². The van der Waals surface area contributed by atoms with Crippen molar-refractivity contribution >= 4 is 16.9 Å². The summed E-state index contributed by atoms with van der Waals surface area (Å²) in [5.41, 5.74) is 1.86. The van der Waals surface area contributed by atoms with Gasteiger partial charge in [0.15, 0.2) is 0 Å². The van der Waals surface area contributed by atoms with Crippen molar-refractivity contribution < 1.29 is 13.9 Å². The fourth-order valence-electron chi connectivity index (χ4n) is 3.28. The van der Waals surface area contributed by atoms with Crippen LogP contribution in [0, 0.1) is 6.92 Å². The Balaban J connectivity index is 1.73. The van der Waals surface area contributed by atoms with E-state index in [9.17, 15) is 4.79 Å². The standard InChI is InChI=1S/C18H24N2O3/c1-11-15-10-14(22-3)6-7-16(15)23-18(11)12(2)20-17(21)9-13-5-4-8-19-13/h6-7,10,12-13,19H,4-5,8-9H2,1-3H3,(H,20,21). The minimum Gasteiger partial charge on any atom is -0.497 e. The van der Waals surface area contributed by atoms with Crippen LogP contribution in [0.3, 0.4) is 0 Å². The lowest BCUT2D eigenvalue weighted by Gasteiger charge is -2.15. The van der Waals surface area contributed by atoms with Gasteiger partial charge in [-0.1, -0.05) is 0 Å². The Labute approximate surface area is 136 Å². The quantitative estimate of drug-likeness (QED) is 0.890. The zero-order valence-electron chi connectivity index (χ0n) is 13.9. The molecule has 1 aliphatic heterocycles. The number of amides is 1. The molecule has 2 atom stereocenters. The van der Waals surface area contributed by atoms with Crippen LogP contribution < -0.4 is 15.4 Å². The molecule has 5 heteroatoms. The van der Waals surface area contributed by atoms with E-state index in [-0.39, 0.29) is 11.9 Å². The maximum atomic E-state index is 12.2. The normalized spacial score (nSPS) is 19.0. The summed E-state index contributed by atoms with van der Waals surface area (Å²) in [6.07, 6.45) is 2.75. The molecule has 23 heavy (non-hydrogen) atoms. The molecule has 0 radical (unpaired) electrons. The molecular formula is C18H24N2O3. The van der Waals surface area contributed by atoms with Gasteiger partial charge in [-0.3, -0.25) is 4.79 Å². The number of methoxy groups -OCH3 is 1. The van der Waals surface area contributed by atoms with Gasteiger partial charge in [-0.15, -0.1) is 0 Å². The van der Waals surface area contributed by atoms with Crippen LogP contribution in [0.15, 0.2) is 22.6 Å². The molecule has 1 amide bonds. The molecule has 124 valence electrons. The first-order valence-corrected chi connectivity index (χ1v) is 8.18. The lowest BCUT2D eigenvalue weighted by molar-refractivity contribution is -0.122. The summed E-state index contributed by atoms with van der Waals surface area (Å²) in [4.78, 5) is 12.2. The third-order valence-corrected chi connectivity index (χ3v) is 4.55. The van der Waals surface area contributed by atoms with Crippen LogP contribution in [0.25, 0.3) is 11.0 Å². The molecule has 2 N–H and O–H groups in total. The summed E-state index contributed by atoms with van der Waals surface area (Å²) in [6, 6.07) is 5.91. The zero-order valence-corrected chi connectivity index (χ0v) is 13.9. The number of aryl methyl sites for hydroxylation is 1. The Kier molecular flexibility index (Phi) is 4.57. The van der Waals surface area contributed by atoms with Gasteiger partial charge in [0.2, 0.25) is 5.91 Å². The van der Waals surface area contributed by atoms with Crippen LogP contribution in [-0.4, -0.2) is 25.6 Å². The molecule has 5 nitrogen and oxygen atoms in total. The van der Waals surface area contributed by atoms with Gasteiger partial charge in [0, 0.05) is 23.4 Å². The molecule has 0 aliphatic carbocycles. The third kappa shape index (κ3) is 3.34. The number of nitrogens with one attached hydrogen (secondary N) is 2. The average Bonchev–Trinajstić information content (AvgIpc) is 3.15. The summed E-state index contributed by atoms with van der Waals surface area (Å²) in [5, 5.41) is 7.42. The van der Waals surface area contributed by atoms with Crippen molar-refractivity contribution in [2.24, 2.45) is 0 Å². The van der Waals surface area contributed by atoms with Crippen molar-refractivity contribution in [1.29, 1.82) is 0 Å². The predicted octanol–water partition coefficient (Wildman–Crippen LogP) is 3.07. The Hall–Kier alpha value is -2.01. The molecule has 1 saturated heterocycles. The second-order valence-corrected chi connectivity index (χ2v) is 6.24. The average molecular weight is 316 g/mol. The van der Waals surface area contributed by atoms with Crippen molar-refractivity contribution in [1.82, 2.24) is 10.6 Å². The van der Waals surface area contributed by atoms with Crippen molar-refractivity contribution in [3.05, 3.63) is 29.5 Å². The van der Waals surface area contributed by atoms with E-state index in [1.807, 2.05) is 32.0 Å². The molecule has 1 aliphatic rings. The fraction of sp³-hybridized carbons (Fsp3) is 0.500. The van der Waals surface area contributed by atoms with E-state index in [0.717, 1.165) is 47.4 Å². The summed E-state index contributed by atoms with van der Waals surface area (Å²) in [6.45, 7) is 4.99. The number of hydrogen-bond acceptors (Lipinski definition) is 4. The summed E-state index contributed by atoms with van der Waals surface area (Å²) >= 11 is 0.